The fraction of sp³-hybridized carbons (Fsp3) is 0.217. The standard InChI is InChI=1S/C23H22F3NO2Si/c1-27(15-11-13-16(14-12-15)29-23(24,25)26)19-9-5-7-17-18-8-6-10-20(30(2,3)4)22(18)28-21(17)19/h5-14H,1-4H3. The van der Waals surface area contributed by atoms with Crippen LogP contribution in [0, 0.1) is 0 Å². The van der Waals surface area contributed by atoms with E-state index in [0.717, 1.165) is 33.3 Å². The van der Waals surface area contributed by atoms with Crippen LogP contribution in [0.4, 0.5) is 24.5 Å². The lowest BCUT2D eigenvalue weighted by molar-refractivity contribution is -0.274. The number of anilines is 2. The predicted molar refractivity (Wildman–Crippen MR) is 118 cm³/mol. The van der Waals surface area contributed by atoms with Gasteiger partial charge in [-0.25, -0.2) is 0 Å². The van der Waals surface area contributed by atoms with E-state index in [1.165, 1.54) is 17.3 Å². The zero-order valence-corrected chi connectivity index (χ0v) is 18.2. The number of para-hydroxylation sites is 2. The molecule has 0 radical (unpaired) electrons. The molecule has 0 N–H and O–H groups in total. The molecule has 0 aliphatic heterocycles. The predicted octanol–water partition coefficient (Wildman–Crippen LogP) is 6.80. The molecule has 0 atom stereocenters. The molecule has 7 heteroatoms. The van der Waals surface area contributed by atoms with Gasteiger partial charge in [0.15, 0.2) is 5.58 Å². The summed E-state index contributed by atoms with van der Waals surface area (Å²) in [5.41, 5.74) is 3.25. The smallest absolute Gasteiger partial charge is 0.454 e. The van der Waals surface area contributed by atoms with Crippen molar-refractivity contribution in [2.24, 2.45) is 0 Å². The quantitative estimate of drug-likeness (QED) is 0.334. The van der Waals surface area contributed by atoms with Crippen molar-refractivity contribution in [3.63, 3.8) is 0 Å². The van der Waals surface area contributed by atoms with Crippen LogP contribution >= 0.6 is 0 Å². The Morgan fingerprint density at radius 1 is 0.833 bits per heavy atom. The lowest BCUT2D eigenvalue weighted by atomic mass is 10.1. The summed E-state index contributed by atoms with van der Waals surface area (Å²) in [5.74, 6) is -0.249. The molecule has 0 aliphatic carbocycles. The number of hydrogen-bond acceptors (Lipinski definition) is 3. The van der Waals surface area contributed by atoms with Crippen LogP contribution in [0.3, 0.4) is 0 Å². The molecule has 0 saturated carbocycles. The van der Waals surface area contributed by atoms with E-state index >= 15 is 0 Å². The first kappa shape index (κ1) is 20.3. The Morgan fingerprint density at radius 2 is 1.43 bits per heavy atom. The molecular weight excluding hydrogens is 407 g/mol. The first-order valence-corrected chi connectivity index (χ1v) is 13.1. The van der Waals surface area contributed by atoms with E-state index in [9.17, 15) is 13.2 Å². The van der Waals surface area contributed by atoms with E-state index in [4.69, 9.17) is 4.42 Å². The molecule has 0 unspecified atom stereocenters. The molecule has 0 fully saturated rings. The molecule has 0 amide bonds. The maximum atomic E-state index is 12.4. The van der Waals surface area contributed by atoms with Crippen LogP contribution < -0.4 is 14.8 Å². The second kappa shape index (κ2) is 7.09. The van der Waals surface area contributed by atoms with Crippen LogP contribution in [0.15, 0.2) is 65.1 Å². The van der Waals surface area contributed by atoms with E-state index in [0.29, 0.717) is 0 Å². The van der Waals surface area contributed by atoms with Crippen LogP contribution in [-0.4, -0.2) is 21.5 Å². The number of halogens is 3. The van der Waals surface area contributed by atoms with Crippen molar-refractivity contribution in [3.8, 4) is 5.75 Å². The molecule has 0 spiro atoms. The molecule has 0 bridgehead atoms. The van der Waals surface area contributed by atoms with Gasteiger partial charge >= 0.3 is 6.36 Å². The summed E-state index contributed by atoms with van der Waals surface area (Å²) in [6.07, 6.45) is -4.71. The molecule has 1 aromatic heterocycles. The lowest BCUT2D eigenvalue weighted by Gasteiger charge is -2.20. The van der Waals surface area contributed by atoms with Gasteiger partial charge in [-0.2, -0.15) is 0 Å². The van der Waals surface area contributed by atoms with Crippen molar-refractivity contribution >= 4 is 46.6 Å². The Morgan fingerprint density at radius 3 is 2.03 bits per heavy atom. The van der Waals surface area contributed by atoms with Crippen molar-refractivity contribution in [2.45, 2.75) is 26.0 Å². The average molecular weight is 430 g/mol. The van der Waals surface area contributed by atoms with Crippen LogP contribution in [0.2, 0.25) is 19.6 Å². The van der Waals surface area contributed by atoms with Gasteiger partial charge < -0.3 is 14.1 Å². The third-order valence-corrected chi connectivity index (χ3v) is 7.14. The van der Waals surface area contributed by atoms with Crippen LogP contribution in [0.5, 0.6) is 5.75 Å². The SMILES string of the molecule is CN(c1ccc(OC(F)(F)F)cc1)c1cccc2c1oc1c([Si](C)(C)C)cccc12. The lowest BCUT2D eigenvalue weighted by Crippen LogP contribution is -2.37. The summed E-state index contributed by atoms with van der Waals surface area (Å²) in [7, 11) is 0.254. The second-order valence-electron chi connectivity index (χ2n) is 8.29. The number of ether oxygens (including phenoxy) is 1. The van der Waals surface area contributed by atoms with Crippen LogP contribution in [0.25, 0.3) is 21.9 Å². The Hall–Kier alpha value is -2.93. The highest BCUT2D eigenvalue weighted by atomic mass is 28.3. The molecule has 0 aliphatic rings. The monoisotopic (exact) mass is 429 g/mol. The van der Waals surface area contributed by atoms with Crippen LogP contribution in [0.1, 0.15) is 0 Å². The van der Waals surface area contributed by atoms with E-state index in [2.05, 4.69) is 42.6 Å². The Labute approximate surface area is 173 Å². The fourth-order valence-corrected chi connectivity index (χ4v) is 5.13. The first-order valence-electron chi connectivity index (χ1n) is 9.59. The highest BCUT2D eigenvalue weighted by molar-refractivity contribution is 6.90. The van der Waals surface area contributed by atoms with Crippen molar-refractivity contribution < 1.29 is 22.3 Å². The van der Waals surface area contributed by atoms with E-state index in [1.54, 1.807) is 12.1 Å². The van der Waals surface area contributed by atoms with Gasteiger partial charge in [-0.05, 0) is 35.5 Å². The van der Waals surface area contributed by atoms with Gasteiger partial charge in [0.2, 0.25) is 0 Å². The molecule has 30 heavy (non-hydrogen) atoms. The zero-order valence-electron chi connectivity index (χ0n) is 17.2. The number of nitrogens with zero attached hydrogens (tertiary/aromatic N) is 1. The molecule has 4 aromatic rings. The summed E-state index contributed by atoms with van der Waals surface area (Å²) in [6, 6.07) is 18.0. The number of furan rings is 1. The Kier molecular flexibility index (Phi) is 4.81. The van der Waals surface area contributed by atoms with Crippen molar-refractivity contribution in [1.29, 1.82) is 0 Å². The fourth-order valence-electron chi connectivity index (χ4n) is 3.67. The van der Waals surface area contributed by atoms with Gasteiger partial charge in [0.05, 0.1) is 13.8 Å². The minimum atomic E-state index is -4.71. The number of alkyl halides is 3. The van der Waals surface area contributed by atoms with E-state index in [1.807, 2.05) is 30.1 Å². The van der Waals surface area contributed by atoms with Gasteiger partial charge in [-0.15, -0.1) is 13.2 Å². The van der Waals surface area contributed by atoms with E-state index in [-0.39, 0.29) is 5.75 Å². The third kappa shape index (κ3) is 3.77. The van der Waals surface area contributed by atoms with E-state index < -0.39 is 14.4 Å². The molecule has 4 rings (SSSR count). The largest absolute Gasteiger partial charge is 0.573 e. The second-order valence-corrected chi connectivity index (χ2v) is 13.3. The summed E-state index contributed by atoms with van der Waals surface area (Å²) >= 11 is 0. The Balaban J connectivity index is 1.79. The summed E-state index contributed by atoms with van der Waals surface area (Å²) in [6.45, 7) is 6.85. The van der Waals surface area contributed by atoms with Crippen molar-refractivity contribution in [2.75, 3.05) is 11.9 Å². The number of benzene rings is 3. The van der Waals surface area contributed by atoms with Gasteiger partial charge in [0.25, 0.3) is 0 Å². The van der Waals surface area contributed by atoms with Crippen molar-refractivity contribution in [1.82, 2.24) is 0 Å². The van der Waals surface area contributed by atoms with Gasteiger partial charge in [-0.1, -0.05) is 50.0 Å². The van der Waals surface area contributed by atoms with Gasteiger partial charge in [0, 0.05) is 23.5 Å². The van der Waals surface area contributed by atoms with Gasteiger partial charge in [-0.3, -0.25) is 0 Å². The van der Waals surface area contributed by atoms with Crippen molar-refractivity contribution in [3.05, 3.63) is 60.7 Å². The van der Waals surface area contributed by atoms with Gasteiger partial charge in [0.1, 0.15) is 11.3 Å². The number of fused-ring (bicyclic) bond motifs is 3. The minimum Gasteiger partial charge on any atom is -0.454 e. The highest BCUT2D eigenvalue weighted by Gasteiger charge is 2.31. The number of hydrogen-bond donors (Lipinski definition) is 0. The molecule has 0 saturated heterocycles. The molecule has 1 heterocycles. The highest BCUT2D eigenvalue weighted by Crippen LogP contribution is 2.37. The molecular formula is C23H22F3NO2Si. The maximum Gasteiger partial charge on any atom is 0.573 e. The third-order valence-electron chi connectivity index (χ3n) is 5.13. The average Bonchev–Trinajstić information content (AvgIpc) is 3.04. The molecule has 3 nitrogen and oxygen atoms in total. The molecule has 3 aromatic carbocycles. The summed E-state index contributed by atoms with van der Waals surface area (Å²) in [5, 5.41) is 3.36. The van der Waals surface area contributed by atoms with Crippen LogP contribution in [-0.2, 0) is 0 Å². The minimum absolute atomic E-state index is 0.249. The number of rotatable bonds is 4. The first-order chi connectivity index (χ1) is 14.0. The topological polar surface area (TPSA) is 25.6 Å². The Bertz CT molecular complexity index is 1210. The normalized spacial score (nSPS) is 12.5. The maximum absolute atomic E-state index is 12.4. The zero-order chi connectivity index (χ0) is 21.7. The molecule has 156 valence electrons. The summed E-state index contributed by atoms with van der Waals surface area (Å²) in [4.78, 5) is 1.90. The summed E-state index contributed by atoms with van der Waals surface area (Å²) < 4.78 is 47.6.